The molecule has 4 aliphatic carbocycles. The molecule has 0 N–H and O–H groups in total. The van der Waals surface area contributed by atoms with Gasteiger partial charge in [-0.25, -0.2) is 0 Å². The molecule has 4 fully saturated rings. The van der Waals surface area contributed by atoms with Crippen LogP contribution < -0.4 is 0 Å². The number of rotatable bonds is 3. The first kappa shape index (κ1) is 21.2. The van der Waals surface area contributed by atoms with Crippen molar-refractivity contribution in [2.75, 3.05) is 11.5 Å². The summed E-state index contributed by atoms with van der Waals surface area (Å²) in [6.07, 6.45) is 14.1. The van der Waals surface area contributed by atoms with Crippen molar-refractivity contribution in [1.82, 2.24) is 0 Å². The highest BCUT2D eigenvalue weighted by Crippen LogP contribution is 2.73. The van der Waals surface area contributed by atoms with Crippen molar-refractivity contribution in [1.29, 1.82) is 0 Å². The van der Waals surface area contributed by atoms with Gasteiger partial charge < -0.3 is 4.74 Å². The first-order chi connectivity index (χ1) is 15.0. The third kappa shape index (κ3) is 3.23. The van der Waals surface area contributed by atoms with Gasteiger partial charge >= 0.3 is 0 Å². The van der Waals surface area contributed by atoms with Gasteiger partial charge in [-0.1, -0.05) is 55.8 Å². The van der Waals surface area contributed by atoms with E-state index >= 15 is 0 Å². The Morgan fingerprint density at radius 3 is 2.52 bits per heavy atom. The van der Waals surface area contributed by atoms with Crippen LogP contribution in [0, 0.1) is 28.6 Å². The van der Waals surface area contributed by atoms with Gasteiger partial charge in [-0.15, -0.1) is 23.5 Å². The van der Waals surface area contributed by atoms with E-state index in [0.29, 0.717) is 21.0 Å². The van der Waals surface area contributed by atoms with Gasteiger partial charge in [0.1, 0.15) is 0 Å². The molecule has 5 aliphatic rings. The molecule has 31 heavy (non-hydrogen) atoms. The summed E-state index contributed by atoms with van der Waals surface area (Å²) < 4.78 is 6.95. The van der Waals surface area contributed by atoms with Crippen LogP contribution in [0.25, 0.3) is 0 Å². The van der Waals surface area contributed by atoms with Gasteiger partial charge in [-0.3, -0.25) is 0 Å². The SMILES string of the molecule is C[C@]12CC[C@H](OCc3ccccc3)CC1=CCC1C2CC[C@@]2(C)C1CCC21SCCS1. The monoisotopic (exact) mass is 454 g/mol. The Morgan fingerprint density at radius 1 is 0.935 bits per heavy atom. The molecule has 0 aromatic heterocycles. The summed E-state index contributed by atoms with van der Waals surface area (Å²) in [5.41, 5.74) is 4.05. The van der Waals surface area contributed by atoms with Gasteiger partial charge in [0.05, 0.1) is 16.8 Å². The van der Waals surface area contributed by atoms with Gasteiger partial charge in [-0.05, 0) is 85.5 Å². The number of fused-ring (bicyclic) bond motifs is 6. The lowest BCUT2D eigenvalue weighted by molar-refractivity contribution is -0.0506. The second-order valence-corrected chi connectivity index (χ2v) is 14.4. The lowest BCUT2D eigenvalue weighted by atomic mass is 9.48. The average Bonchev–Trinajstić information content (AvgIpc) is 3.39. The zero-order chi connectivity index (χ0) is 21.1. The molecule has 1 saturated heterocycles. The molecule has 0 bridgehead atoms. The van der Waals surface area contributed by atoms with Gasteiger partial charge in [0.25, 0.3) is 0 Å². The minimum atomic E-state index is 0.408. The second kappa shape index (κ2) is 7.84. The van der Waals surface area contributed by atoms with Gasteiger partial charge in [-0.2, -0.15) is 0 Å². The maximum Gasteiger partial charge on any atom is 0.0720 e. The molecular formula is C28H38OS2. The molecule has 0 radical (unpaired) electrons. The van der Waals surface area contributed by atoms with E-state index in [4.69, 9.17) is 4.74 Å². The average molecular weight is 455 g/mol. The van der Waals surface area contributed by atoms with Crippen LogP contribution in [0.4, 0.5) is 0 Å². The quantitative estimate of drug-likeness (QED) is 0.433. The standard InChI is InChI=1S/C28H38OS2/c1-26-13-10-22(29-19-20-6-4-3-5-7-20)18-21(26)8-9-23-24(26)11-14-27(2)25(23)12-15-28(27)30-16-17-31-28/h3-8,22-25H,9-19H2,1-2H3/t22-,23?,24?,25?,26-,27-/m0/s1. The molecule has 1 heterocycles. The van der Waals surface area contributed by atoms with Crippen LogP contribution in [-0.2, 0) is 11.3 Å². The van der Waals surface area contributed by atoms with Crippen LogP contribution in [0.15, 0.2) is 42.0 Å². The largest absolute Gasteiger partial charge is 0.373 e. The van der Waals surface area contributed by atoms with Crippen LogP contribution in [0.3, 0.4) is 0 Å². The molecule has 6 atom stereocenters. The van der Waals surface area contributed by atoms with Gasteiger partial charge in [0.15, 0.2) is 0 Å². The second-order valence-electron chi connectivity index (χ2n) is 11.4. The molecule has 3 saturated carbocycles. The topological polar surface area (TPSA) is 9.23 Å². The first-order valence-corrected chi connectivity index (χ1v) is 14.6. The summed E-state index contributed by atoms with van der Waals surface area (Å²) >= 11 is 4.67. The Hall–Kier alpha value is -0.380. The van der Waals surface area contributed by atoms with Gasteiger partial charge in [0, 0.05) is 11.5 Å². The van der Waals surface area contributed by atoms with Crippen molar-refractivity contribution in [3.63, 3.8) is 0 Å². The highest BCUT2D eigenvalue weighted by atomic mass is 32.2. The lowest BCUT2D eigenvalue weighted by Crippen LogP contribution is -2.52. The summed E-state index contributed by atoms with van der Waals surface area (Å²) in [5.74, 6) is 5.55. The van der Waals surface area contributed by atoms with E-state index in [1.807, 2.05) is 0 Å². The van der Waals surface area contributed by atoms with E-state index in [9.17, 15) is 0 Å². The number of hydrogen-bond donors (Lipinski definition) is 0. The number of hydrogen-bond acceptors (Lipinski definition) is 3. The highest BCUT2D eigenvalue weighted by molar-refractivity contribution is 8.21. The molecule has 0 amide bonds. The maximum atomic E-state index is 6.40. The molecule has 1 nitrogen and oxygen atoms in total. The van der Waals surface area contributed by atoms with Crippen molar-refractivity contribution in [3.05, 3.63) is 47.5 Å². The molecule has 6 rings (SSSR count). The van der Waals surface area contributed by atoms with E-state index in [1.54, 1.807) is 5.57 Å². The minimum Gasteiger partial charge on any atom is -0.373 e. The Balaban J connectivity index is 1.19. The summed E-state index contributed by atoms with van der Waals surface area (Å²) in [5, 5.41) is 0. The van der Waals surface area contributed by atoms with Crippen molar-refractivity contribution < 1.29 is 4.74 Å². The number of allylic oxidation sites excluding steroid dienone is 1. The van der Waals surface area contributed by atoms with Crippen LogP contribution in [0.2, 0.25) is 0 Å². The lowest BCUT2D eigenvalue weighted by Gasteiger charge is -2.59. The Bertz CT molecular complexity index is 844. The predicted molar refractivity (Wildman–Crippen MR) is 134 cm³/mol. The van der Waals surface area contributed by atoms with Crippen molar-refractivity contribution >= 4 is 23.5 Å². The number of benzene rings is 1. The third-order valence-electron chi connectivity index (χ3n) is 10.2. The van der Waals surface area contributed by atoms with E-state index in [0.717, 1.165) is 24.4 Å². The Kier molecular flexibility index (Phi) is 5.36. The predicted octanol–water partition coefficient (Wildman–Crippen LogP) is 7.71. The van der Waals surface area contributed by atoms with E-state index in [2.05, 4.69) is 73.8 Å². The van der Waals surface area contributed by atoms with Crippen LogP contribution in [0.5, 0.6) is 0 Å². The summed E-state index contributed by atoms with van der Waals surface area (Å²) in [6.45, 7) is 6.09. The number of ether oxygens (including phenoxy) is 1. The molecule has 1 aliphatic heterocycles. The Labute approximate surface area is 197 Å². The zero-order valence-corrected chi connectivity index (χ0v) is 20.9. The molecule has 3 heteroatoms. The fourth-order valence-corrected chi connectivity index (χ4v) is 12.3. The normalized spacial score (nSPS) is 43.2. The maximum absolute atomic E-state index is 6.40. The molecule has 1 aromatic rings. The summed E-state index contributed by atoms with van der Waals surface area (Å²) in [6, 6.07) is 10.7. The molecule has 168 valence electrons. The van der Waals surface area contributed by atoms with Crippen LogP contribution >= 0.6 is 23.5 Å². The van der Waals surface area contributed by atoms with Crippen LogP contribution in [-0.4, -0.2) is 21.7 Å². The van der Waals surface area contributed by atoms with E-state index < -0.39 is 0 Å². The number of thioether (sulfide) groups is 2. The molecular weight excluding hydrogens is 416 g/mol. The summed E-state index contributed by atoms with van der Waals surface area (Å²) in [4.78, 5) is 0. The zero-order valence-electron chi connectivity index (χ0n) is 19.3. The van der Waals surface area contributed by atoms with Crippen molar-refractivity contribution in [3.8, 4) is 0 Å². The highest BCUT2D eigenvalue weighted by Gasteiger charge is 2.65. The fraction of sp³-hybridized carbons (Fsp3) is 0.714. The summed E-state index contributed by atoms with van der Waals surface area (Å²) in [7, 11) is 0. The molecule has 3 unspecified atom stereocenters. The fourth-order valence-electron chi connectivity index (χ4n) is 8.44. The van der Waals surface area contributed by atoms with Gasteiger partial charge in [0.2, 0.25) is 0 Å². The van der Waals surface area contributed by atoms with E-state index in [1.165, 1.54) is 68.4 Å². The Morgan fingerprint density at radius 2 is 1.71 bits per heavy atom. The molecule has 1 spiro atoms. The minimum absolute atomic E-state index is 0.408. The van der Waals surface area contributed by atoms with Crippen molar-refractivity contribution in [2.24, 2.45) is 28.6 Å². The van der Waals surface area contributed by atoms with E-state index in [-0.39, 0.29) is 0 Å². The molecule has 1 aromatic carbocycles. The third-order valence-corrected chi connectivity index (χ3v) is 14.2. The first-order valence-electron chi connectivity index (χ1n) is 12.7. The van der Waals surface area contributed by atoms with Crippen LogP contribution in [0.1, 0.15) is 70.8 Å². The smallest absolute Gasteiger partial charge is 0.0720 e. The van der Waals surface area contributed by atoms with Crippen molar-refractivity contribution in [2.45, 2.75) is 82.0 Å².